The quantitative estimate of drug-likeness (QED) is 0.613. The zero-order valence-electron chi connectivity index (χ0n) is 15.6. The number of benzene rings is 2. The van der Waals surface area contributed by atoms with Crippen LogP contribution in [0, 0.1) is 0 Å². The molecule has 8 heteroatoms. The van der Waals surface area contributed by atoms with E-state index in [2.05, 4.69) is 20.9 Å². The van der Waals surface area contributed by atoms with Gasteiger partial charge < -0.3 is 25.3 Å². The first kappa shape index (κ1) is 19.0. The maximum Gasteiger partial charge on any atom is 0.318 e. The van der Waals surface area contributed by atoms with Gasteiger partial charge >= 0.3 is 6.03 Å². The van der Waals surface area contributed by atoms with Crippen molar-refractivity contribution in [2.24, 2.45) is 7.05 Å². The number of aromatic nitrogens is 2. The Hall–Kier alpha value is -3.81. The predicted octanol–water partition coefficient (Wildman–Crippen LogP) is 3.00. The minimum absolute atomic E-state index is 0.234. The number of imidazole rings is 1. The molecule has 0 aliphatic rings. The van der Waals surface area contributed by atoms with E-state index < -0.39 is 0 Å². The molecule has 0 saturated heterocycles. The Bertz CT molecular complexity index is 949. The number of nitrogens with zero attached hydrogens (tertiary/aromatic N) is 2. The third-order valence-electron chi connectivity index (χ3n) is 4.03. The van der Waals surface area contributed by atoms with Crippen LogP contribution < -0.4 is 20.7 Å². The zero-order chi connectivity index (χ0) is 19.9. The molecule has 2 aromatic carbocycles. The Kier molecular flexibility index (Phi) is 5.91. The molecule has 144 valence electrons. The van der Waals surface area contributed by atoms with E-state index in [1.54, 1.807) is 61.8 Å². The van der Waals surface area contributed by atoms with Crippen molar-refractivity contribution in [3.8, 4) is 5.75 Å². The fourth-order valence-electron chi connectivity index (χ4n) is 2.42. The molecule has 0 atom stereocenters. The standard InChI is InChI=1S/C20H21N5O3/c1-21-20(27)24-16-7-5-15(6-8-16)23-19(26)14-3-9-17(10-4-14)28-13-18-22-11-12-25(18)2/h3-12H,13H2,1-2H3,(H,23,26)(H2,21,24,27). The molecule has 3 aromatic rings. The minimum Gasteiger partial charge on any atom is -0.486 e. The molecule has 3 rings (SSSR count). The number of carbonyl (C=O) groups is 2. The highest BCUT2D eigenvalue weighted by Gasteiger charge is 2.07. The number of carbonyl (C=O) groups excluding carboxylic acids is 2. The van der Waals surface area contributed by atoms with E-state index in [4.69, 9.17) is 4.74 Å². The number of nitrogens with one attached hydrogen (secondary N) is 3. The van der Waals surface area contributed by atoms with Crippen molar-refractivity contribution in [3.05, 3.63) is 72.3 Å². The summed E-state index contributed by atoms with van der Waals surface area (Å²) in [7, 11) is 3.44. The van der Waals surface area contributed by atoms with Crippen LogP contribution in [0.3, 0.4) is 0 Å². The van der Waals surface area contributed by atoms with Gasteiger partial charge in [0.05, 0.1) is 0 Å². The van der Waals surface area contributed by atoms with Crippen molar-refractivity contribution < 1.29 is 14.3 Å². The smallest absolute Gasteiger partial charge is 0.318 e. The Morgan fingerprint density at radius 1 is 1.00 bits per heavy atom. The third-order valence-corrected chi connectivity index (χ3v) is 4.03. The van der Waals surface area contributed by atoms with E-state index in [0.717, 1.165) is 5.82 Å². The van der Waals surface area contributed by atoms with Crippen molar-refractivity contribution in [2.75, 3.05) is 17.7 Å². The Morgan fingerprint density at radius 2 is 1.64 bits per heavy atom. The molecular weight excluding hydrogens is 358 g/mol. The van der Waals surface area contributed by atoms with Crippen molar-refractivity contribution in [2.45, 2.75) is 6.61 Å². The van der Waals surface area contributed by atoms with Gasteiger partial charge in [-0.05, 0) is 48.5 Å². The highest BCUT2D eigenvalue weighted by Crippen LogP contribution is 2.17. The number of amides is 3. The van der Waals surface area contributed by atoms with Crippen LogP contribution in [0.15, 0.2) is 60.9 Å². The minimum atomic E-state index is -0.304. The van der Waals surface area contributed by atoms with E-state index in [-0.39, 0.29) is 11.9 Å². The van der Waals surface area contributed by atoms with Gasteiger partial charge in [0.2, 0.25) is 0 Å². The Balaban J connectivity index is 1.55. The van der Waals surface area contributed by atoms with Gasteiger partial charge in [0.25, 0.3) is 5.91 Å². The maximum absolute atomic E-state index is 12.4. The first-order valence-corrected chi connectivity index (χ1v) is 8.64. The van der Waals surface area contributed by atoms with Gasteiger partial charge in [0.15, 0.2) is 0 Å². The molecule has 0 aliphatic carbocycles. The predicted molar refractivity (Wildman–Crippen MR) is 106 cm³/mol. The van der Waals surface area contributed by atoms with Crippen LogP contribution in [-0.4, -0.2) is 28.5 Å². The van der Waals surface area contributed by atoms with Gasteiger partial charge in [-0.2, -0.15) is 0 Å². The molecule has 0 spiro atoms. The summed E-state index contributed by atoms with van der Waals surface area (Å²) < 4.78 is 7.57. The molecule has 1 aromatic heterocycles. The van der Waals surface area contributed by atoms with E-state index >= 15 is 0 Å². The molecule has 3 N–H and O–H groups in total. The van der Waals surface area contributed by atoms with Gasteiger partial charge in [0.1, 0.15) is 18.2 Å². The van der Waals surface area contributed by atoms with Crippen LogP contribution >= 0.6 is 0 Å². The molecule has 1 heterocycles. The SMILES string of the molecule is CNC(=O)Nc1ccc(NC(=O)c2ccc(OCc3nccn3C)cc2)cc1. The van der Waals surface area contributed by atoms with E-state index in [1.807, 2.05) is 17.8 Å². The van der Waals surface area contributed by atoms with E-state index in [1.165, 1.54) is 0 Å². The number of hydrogen-bond donors (Lipinski definition) is 3. The number of hydrogen-bond acceptors (Lipinski definition) is 4. The largest absolute Gasteiger partial charge is 0.486 e. The molecule has 8 nitrogen and oxygen atoms in total. The molecule has 28 heavy (non-hydrogen) atoms. The summed E-state index contributed by atoms with van der Waals surface area (Å²) in [5, 5.41) is 7.94. The number of urea groups is 1. The number of anilines is 2. The summed E-state index contributed by atoms with van der Waals surface area (Å²) >= 11 is 0. The normalized spacial score (nSPS) is 10.2. The van der Waals surface area contributed by atoms with E-state index in [9.17, 15) is 9.59 Å². The van der Waals surface area contributed by atoms with Crippen molar-refractivity contribution in [1.29, 1.82) is 0 Å². The molecule has 0 saturated carbocycles. The van der Waals surface area contributed by atoms with Crippen LogP contribution in [-0.2, 0) is 13.7 Å². The Labute approximate surface area is 162 Å². The summed E-state index contributed by atoms with van der Waals surface area (Å²) in [5.74, 6) is 1.24. The van der Waals surface area contributed by atoms with Crippen molar-refractivity contribution in [1.82, 2.24) is 14.9 Å². The summed E-state index contributed by atoms with van der Waals surface area (Å²) in [6.45, 7) is 0.353. The van der Waals surface area contributed by atoms with Crippen LogP contribution in [0.4, 0.5) is 16.2 Å². The first-order valence-electron chi connectivity index (χ1n) is 8.64. The highest BCUT2D eigenvalue weighted by atomic mass is 16.5. The van der Waals surface area contributed by atoms with Crippen molar-refractivity contribution in [3.63, 3.8) is 0 Å². The summed E-state index contributed by atoms with van der Waals surface area (Å²) in [6, 6.07) is 13.4. The fraction of sp³-hybridized carbons (Fsp3) is 0.150. The second kappa shape index (κ2) is 8.72. The topological polar surface area (TPSA) is 97.3 Å². The molecule has 3 amide bonds. The average Bonchev–Trinajstić information content (AvgIpc) is 3.13. The second-order valence-corrected chi connectivity index (χ2v) is 6.00. The lowest BCUT2D eigenvalue weighted by Crippen LogP contribution is -2.24. The number of aryl methyl sites for hydroxylation is 1. The summed E-state index contributed by atoms with van der Waals surface area (Å²) in [4.78, 5) is 27.9. The van der Waals surface area contributed by atoms with Gasteiger partial charge in [-0.15, -0.1) is 0 Å². The van der Waals surface area contributed by atoms with Crippen LogP contribution in [0.25, 0.3) is 0 Å². The fourth-order valence-corrected chi connectivity index (χ4v) is 2.42. The highest BCUT2D eigenvalue weighted by molar-refractivity contribution is 6.04. The van der Waals surface area contributed by atoms with Crippen LogP contribution in [0.2, 0.25) is 0 Å². The second-order valence-electron chi connectivity index (χ2n) is 6.00. The molecule has 0 unspecified atom stereocenters. The number of ether oxygens (including phenoxy) is 1. The van der Waals surface area contributed by atoms with E-state index in [0.29, 0.717) is 29.3 Å². The number of rotatable bonds is 6. The van der Waals surface area contributed by atoms with Gasteiger partial charge in [-0.3, -0.25) is 4.79 Å². The summed E-state index contributed by atoms with van der Waals surface area (Å²) in [5.41, 5.74) is 1.77. The lowest BCUT2D eigenvalue weighted by atomic mass is 10.2. The summed E-state index contributed by atoms with van der Waals surface area (Å²) in [6.07, 6.45) is 3.57. The van der Waals surface area contributed by atoms with Gasteiger partial charge in [-0.1, -0.05) is 0 Å². The molecule has 0 fully saturated rings. The molecule has 0 bridgehead atoms. The molecule has 0 aliphatic heterocycles. The van der Waals surface area contributed by atoms with Gasteiger partial charge in [0, 0.05) is 43.4 Å². The van der Waals surface area contributed by atoms with Crippen LogP contribution in [0.1, 0.15) is 16.2 Å². The van der Waals surface area contributed by atoms with Gasteiger partial charge in [-0.25, -0.2) is 9.78 Å². The zero-order valence-corrected chi connectivity index (χ0v) is 15.6. The van der Waals surface area contributed by atoms with Crippen molar-refractivity contribution >= 4 is 23.3 Å². The lowest BCUT2D eigenvalue weighted by molar-refractivity contribution is 0.102. The Morgan fingerprint density at radius 3 is 2.21 bits per heavy atom. The third kappa shape index (κ3) is 4.88. The monoisotopic (exact) mass is 379 g/mol. The molecular formula is C20H21N5O3. The average molecular weight is 379 g/mol. The first-order chi connectivity index (χ1) is 13.5. The molecule has 0 radical (unpaired) electrons. The van der Waals surface area contributed by atoms with Crippen LogP contribution in [0.5, 0.6) is 5.75 Å². The lowest BCUT2D eigenvalue weighted by Gasteiger charge is -2.09. The maximum atomic E-state index is 12.4.